The summed E-state index contributed by atoms with van der Waals surface area (Å²) in [5, 5.41) is 8.97. The second kappa shape index (κ2) is 12.1. The molecule has 0 aliphatic heterocycles. The first-order chi connectivity index (χ1) is 14.4. The van der Waals surface area contributed by atoms with Gasteiger partial charge in [-0.25, -0.2) is 9.59 Å². The first-order valence-electron chi connectivity index (χ1n) is 9.62. The molecule has 0 radical (unpaired) electrons. The molecule has 0 spiro atoms. The maximum absolute atomic E-state index is 11.5. The van der Waals surface area contributed by atoms with Gasteiger partial charge in [0.05, 0.1) is 30.4 Å². The molecule has 2 rings (SSSR count). The number of ether oxygens (including phenoxy) is 3. The van der Waals surface area contributed by atoms with E-state index in [1.165, 1.54) is 7.11 Å². The normalized spacial score (nSPS) is 10.4. The van der Waals surface area contributed by atoms with Crippen LogP contribution in [0.25, 0.3) is 0 Å². The van der Waals surface area contributed by atoms with Crippen LogP contribution in [0.1, 0.15) is 59.5 Å². The van der Waals surface area contributed by atoms with Crippen LogP contribution in [0.4, 0.5) is 0 Å². The van der Waals surface area contributed by atoms with Crippen LogP contribution in [0, 0.1) is 13.8 Å². The van der Waals surface area contributed by atoms with Gasteiger partial charge in [0.1, 0.15) is 11.5 Å². The smallest absolute Gasteiger partial charge is 0.338 e. The van der Waals surface area contributed by atoms with Gasteiger partial charge in [0.25, 0.3) is 0 Å². The zero-order valence-electron chi connectivity index (χ0n) is 18.7. The molecule has 0 atom stereocenters. The molecule has 31 heavy (non-hydrogen) atoms. The van der Waals surface area contributed by atoms with Gasteiger partial charge >= 0.3 is 11.9 Å². The van der Waals surface area contributed by atoms with E-state index >= 15 is 0 Å². The lowest BCUT2D eigenvalue weighted by Crippen LogP contribution is -2.10. The van der Waals surface area contributed by atoms with E-state index in [1.807, 2.05) is 40.7 Å². The van der Waals surface area contributed by atoms with E-state index in [0.717, 1.165) is 10.0 Å². The van der Waals surface area contributed by atoms with E-state index in [-0.39, 0.29) is 23.7 Å². The molecule has 0 fully saturated rings. The molecule has 2 aromatic carbocycles. The number of carboxylic acids is 1. The molecule has 0 aliphatic carbocycles. The molecular formula is C23H28Br2O6. The van der Waals surface area contributed by atoms with Crippen molar-refractivity contribution >= 4 is 43.8 Å². The Morgan fingerprint density at radius 1 is 0.806 bits per heavy atom. The largest absolute Gasteiger partial charge is 0.491 e. The van der Waals surface area contributed by atoms with Crippen LogP contribution in [0.2, 0.25) is 0 Å². The Morgan fingerprint density at radius 2 is 1.19 bits per heavy atom. The number of carboxylic acid groups (broad SMARTS) is 1. The van der Waals surface area contributed by atoms with Crippen molar-refractivity contribution in [3.05, 3.63) is 55.5 Å². The summed E-state index contributed by atoms with van der Waals surface area (Å²) in [6.07, 6.45) is 0.0955. The van der Waals surface area contributed by atoms with E-state index in [2.05, 4.69) is 31.9 Å². The quantitative estimate of drug-likeness (QED) is 0.403. The van der Waals surface area contributed by atoms with Crippen molar-refractivity contribution in [1.29, 1.82) is 0 Å². The Balaban J connectivity index is 0.000000311. The third-order valence-corrected chi connectivity index (χ3v) is 4.93. The topological polar surface area (TPSA) is 82.1 Å². The first kappa shape index (κ1) is 27.0. The van der Waals surface area contributed by atoms with Gasteiger partial charge in [0, 0.05) is 20.1 Å². The number of esters is 1. The Bertz CT molecular complexity index is 938. The summed E-state index contributed by atoms with van der Waals surface area (Å²) < 4.78 is 17.4. The van der Waals surface area contributed by atoms with Crippen LogP contribution in [0.3, 0.4) is 0 Å². The summed E-state index contributed by atoms with van der Waals surface area (Å²) in [5.74, 6) is 0.0105. The van der Waals surface area contributed by atoms with Gasteiger partial charge in [-0.2, -0.15) is 0 Å². The fourth-order valence-corrected chi connectivity index (χ4v) is 3.48. The van der Waals surface area contributed by atoms with Crippen LogP contribution in [-0.4, -0.2) is 36.4 Å². The Hall–Kier alpha value is -2.06. The molecule has 0 unspecified atom stereocenters. The highest BCUT2D eigenvalue weighted by Gasteiger charge is 2.15. The number of carbonyl (C=O) groups is 2. The molecule has 0 heterocycles. The lowest BCUT2D eigenvalue weighted by molar-refractivity contribution is 0.0598. The van der Waals surface area contributed by atoms with E-state index in [1.54, 1.807) is 25.1 Å². The maximum atomic E-state index is 11.5. The summed E-state index contributed by atoms with van der Waals surface area (Å²) in [7, 11) is 1.37. The SMILES string of the molecule is COC(=O)c1cc(Br)cc(OC(C)C)c1C.Cc1c(OC(C)C)cc(Br)cc1C(=O)O. The van der Waals surface area contributed by atoms with Crippen molar-refractivity contribution < 1.29 is 28.9 Å². The molecule has 0 bridgehead atoms. The predicted molar refractivity (Wildman–Crippen MR) is 128 cm³/mol. The van der Waals surface area contributed by atoms with Gasteiger partial charge in [-0.1, -0.05) is 31.9 Å². The highest BCUT2D eigenvalue weighted by Crippen LogP contribution is 2.29. The number of hydrogen-bond acceptors (Lipinski definition) is 5. The fourth-order valence-electron chi connectivity index (χ4n) is 2.60. The van der Waals surface area contributed by atoms with Gasteiger partial charge in [0.15, 0.2) is 0 Å². The van der Waals surface area contributed by atoms with Crippen LogP contribution in [0.5, 0.6) is 11.5 Å². The molecule has 2 aromatic rings. The lowest BCUT2D eigenvalue weighted by Gasteiger charge is -2.15. The molecule has 0 saturated carbocycles. The monoisotopic (exact) mass is 558 g/mol. The summed E-state index contributed by atoms with van der Waals surface area (Å²) in [4.78, 5) is 22.5. The number of halogens is 2. The number of methoxy groups -OCH3 is 1. The van der Waals surface area contributed by atoms with E-state index in [0.29, 0.717) is 27.1 Å². The standard InChI is InChI=1S/C12H15BrO3.C11H13BrO3/c1-7(2)16-11-6-9(13)5-10(8(11)3)12(14)15-4;1-6(2)15-10-5-8(12)4-9(7(10)3)11(13)14/h5-7H,1-4H3;4-6H,1-3H3,(H,13,14). The summed E-state index contributed by atoms with van der Waals surface area (Å²) in [6, 6.07) is 6.93. The third-order valence-electron chi connectivity index (χ3n) is 4.01. The molecule has 170 valence electrons. The second-order valence-electron chi connectivity index (χ2n) is 7.28. The van der Waals surface area contributed by atoms with Gasteiger partial charge in [-0.05, 0) is 65.8 Å². The van der Waals surface area contributed by atoms with Crippen LogP contribution in [0.15, 0.2) is 33.2 Å². The minimum Gasteiger partial charge on any atom is -0.491 e. The van der Waals surface area contributed by atoms with Gasteiger partial charge in [0.2, 0.25) is 0 Å². The van der Waals surface area contributed by atoms with Crippen molar-refractivity contribution in [3.63, 3.8) is 0 Å². The van der Waals surface area contributed by atoms with Gasteiger partial charge < -0.3 is 19.3 Å². The van der Waals surface area contributed by atoms with Crippen molar-refractivity contribution in [3.8, 4) is 11.5 Å². The van der Waals surface area contributed by atoms with Crippen LogP contribution in [-0.2, 0) is 4.74 Å². The lowest BCUT2D eigenvalue weighted by atomic mass is 10.1. The fraction of sp³-hybridized carbons (Fsp3) is 0.391. The van der Waals surface area contributed by atoms with Crippen LogP contribution < -0.4 is 9.47 Å². The molecule has 0 saturated heterocycles. The minimum atomic E-state index is -0.942. The minimum absolute atomic E-state index is 0.0274. The highest BCUT2D eigenvalue weighted by atomic mass is 79.9. The Kier molecular flexibility index (Phi) is 10.5. The van der Waals surface area contributed by atoms with Gasteiger partial charge in [-0.3, -0.25) is 0 Å². The van der Waals surface area contributed by atoms with Gasteiger partial charge in [-0.15, -0.1) is 0 Å². The first-order valence-corrected chi connectivity index (χ1v) is 11.2. The number of benzene rings is 2. The predicted octanol–water partition coefficient (Wildman–Crippen LogP) is 6.57. The van der Waals surface area contributed by atoms with Crippen molar-refractivity contribution in [2.75, 3.05) is 7.11 Å². The van der Waals surface area contributed by atoms with Crippen molar-refractivity contribution in [1.82, 2.24) is 0 Å². The maximum Gasteiger partial charge on any atom is 0.338 e. The Labute approximate surface area is 200 Å². The van der Waals surface area contributed by atoms with E-state index in [9.17, 15) is 9.59 Å². The van der Waals surface area contributed by atoms with Crippen LogP contribution >= 0.6 is 31.9 Å². The zero-order chi connectivity index (χ0) is 23.9. The van der Waals surface area contributed by atoms with E-state index in [4.69, 9.17) is 19.3 Å². The zero-order valence-corrected chi connectivity index (χ0v) is 21.9. The molecule has 6 nitrogen and oxygen atoms in total. The molecule has 0 aliphatic rings. The number of hydrogen-bond donors (Lipinski definition) is 1. The molecule has 0 aromatic heterocycles. The summed E-state index contributed by atoms with van der Waals surface area (Å²) in [5.41, 5.74) is 2.23. The highest BCUT2D eigenvalue weighted by molar-refractivity contribution is 9.10. The average Bonchev–Trinajstić information content (AvgIpc) is 2.65. The molecule has 8 heteroatoms. The Morgan fingerprint density at radius 3 is 1.55 bits per heavy atom. The van der Waals surface area contributed by atoms with E-state index < -0.39 is 5.97 Å². The summed E-state index contributed by atoms with van der Waals surface area (Å²) >= 11 is 6.61. The number of carbonyl (C=O) groups excluding carboxylic acids is 1. The summed E-state index contributed by atoms with van der Waals surface area (Å²) in [6.45, 7) is 11.3. The number of rotatable bonds is 6. The molecular weight excluding hydrogens is 532 g/mol. The van der Waals surface area contributed by atoms with Crippen molar-refractivity contribution in [2.24, 2.45) is 0 Å². The number of aromatic carboxylic acids is 1. The average molecular weight is 560 g/mol. The second-order valence-corrected chi connectivity index (χ2v) is 9.11. The third kappa shape index (κ3) is 8.18. The van der Waals surface area contributed by atoms with Crippen molar-refractivity contribution in [2.45, 2.75) is 53.8 Å². The molecule has 1 N–H and O–H groups in total. The molecule has 0 amide bonds.